The molecule has 106 valence electrons. The molecule has 2 aromatic rings. The Morgan fingerprint density at radius 3 is 3.00 bits per heavy atom. The van der Waals surface area contributed by atoms with Crippen molar-refractivity contribution in [2.45, 2.75) is 25.8 Å². The molecule has 3 N–H and O–H groups in total. The molecule has 0 aliphatic rings. The van der Waals surface area contributed by atoms with Crippen LogP contribution in [0.3, 0.4) is 0 Å². The van der Waals surface area contributed by atoms with Crippen LogP contribution >= 0.6 is 11.6 Å². The van der Waals surface area contributed by atoms with Gasteiger partial charge in [0.1, 0.15) is 12.7 Å². The third-order valence-corrected chi connectivity index (χ3v) is 3.11. The van der Waals surface area contributed by atoms with Crippen molar-refractivity contribution in [3.05, 3.63) is 35.9 Å². The summed E-state index contributed by atoms with van der Waals surface area (Å²) < 4.78 is 1.56. The van der Waals surface area contributed by atoms with E-state index in [0.29, 0.717) is 16.4 Å². The highest BCUT2D eigenvalue weighted by Crippen LogP contribution is 2.24. The van der Waals surface area contributed by atoms with E-state index in [9.17, 15) is 4.79 Å². The van der Waals surface area contributed by atoms with Gasteiger partial charge in [-0.05, 0) is 24.6 Å². The summed E-state index contributed by atoms with van der Waals surface area (Å²) in [5.41, 5.74) is 7.05. The van der Waals surface area contributed by atoms with E-state index in [-0.39, 0.29) is 18.4 Å². The number of nitrogens with one attached hydrogen (secondary N) is 1. The lowest BCUT2D eigenvalue weighted by atomic mass is 10.1. The van der Waals surface area contributed by atoms with E-state index in [0.717, 1.165) is 6.42 Å². The molecule has 6 nitrogen and oxygen atoms in total. The van der Waals surface area contributed by atoms with Crippen LogP contribution in [-0.2, 0) is 4.79 Å². The summed E-state index contributed by atoms with van der Waals surface area (Å²) in [4.78, 5) is 15.8. The molecule has 1 unspecified atom stereocenters. The Morgan fingerprint density at radius 2 is 2.35 bits per heavy atom. The number of hydrogen-bond donors (Lipinski definition) is 2. The topological polar surface area (TPSA) is 85.8 Å². The third-order valence-electron chi connectivity index (χ3n) is 2.87. The van der Waals surface area contributed by atoms with Crippen molar-refractivity contribution in [3.8, 4) is 5.69 Å². The van der Waals surface area contributed by atoms with Gasteiger partial charge in [-0.1, -0.05) is 18.5 Å². The van der Waals surface area contributed by atoms with Crippen molar-refractivity contribution < 1.29 is 4.79 Å². The van der Waals surface area contributed by atoms with Crippen LogP contribution in [0.2, 0.25) is 5.02 Å². The van der Waals surface area contributed by atoms with E-state index in [2.05, 4.69) is 15.4 Å². The second kappa shape index (κ2) is 6.49. The standard InChI is InChI=1S/C13H16ClN5O/c1-2-10(15)6-13(20)18-11-5-9(14)3-4-12(11)19-8-16-7-17-19/h3-5,7-8,10H,2,6,15H2,1H3,(H,18,20). The Hall–Kier alpha value is -1.92. The summed E-state index contributed by atoms with van der Waals surface area (Å²) >= 11 is 5.97. The van der Waals surface area contributed by atoms with Crippen LogP contribution in [0.4, 0.5) is 5.69 Å². The number of benzene rings is 1. The minimum Gasteiger partial charge on any atom is -0.327 e. The highest BCUT2D eigenvalue weighted by molar-refractivity contribution is 6.31. The monoisotopic (exact) mass is 293 g/mol. The molecule has 2 rings (SSSR count). The van der Waals surface area contributed by atoms with Gasteiger partial charge in [-0.15, -0.1) is 0 Å². The highest BCUT2D eigenvalue weighted by atomic mass is 35.5. The molecule has 1 amide bonds. The fraction of sp³-hybridized carbons (Fsp3) is 0.308. The second-order valence-corrected chi connectivity index (χ2v) is 4.86. The maximum Gasteiger partial charge on any atom is 0.225 e. The molecule has 0 bridgehead atoms. The zero-order chi connectivity index (χ0) is 14.5. The van der Waals surface area contributed by atoms with Crippen molar-refractivity contribution in [1.82, 2.24) is 14.8 Å². The summed E-state index contributed by atoms with van der Waals surface area (Å²) in [5, 5.41) is 7.39. The number of carbonyl (C=O) groups excluding carboxylic acids is 1. The molecule has 1 aromatic carbocycles. The first kappa shape index (κ1) is 14.5. The van der Waals surface area contributed by atoms with Gasteiger partial charge in [-0.2, -0.15) is 5.10 Å². The van der Waals surface area contributed by atoms with Gasteiger partial charge >= 0.3 is 0 Å². The van der Waals surface area contributed by atoms with E-state index in [1.54, 1.807) is 29.2 Å². The fourth-order valence-corrected chi connectivity index (χ4v) is 1.90. The summed E-state index contributed by atoms with van der Waals surface area (Å²) in [5.74, 6) is -0.150. The van der Waals surface area contributed by atoms with Gasteiger partial charge in [0.05, 0.1) is 11.4 Å². The Labute approximate surface area is 121 Å². The first-order chi connectivity index (χ1) is 9.60. The third kappa shape index (κ3) is 3.55. The SMILES string of the molecule is CCC(N)CC(=O)Nc1cc(Cl)ccc1-n1cncn1. The van der Waals surface area contributed by atoms with Crippen molar-refractivity contribution in [3.63, 3.8) is 0 Å². The largest absolute Gasteiger partial charge is 0.327 e. The van der Waals surface area contributed by atoms with E-state index in [1.165, 1.54) is 6.33 Å². The van der Waals surface area contributed by atoms with Crippen LogP contribution in [0.15, 0.2) is 30.9 Å². The molecule has 1 atom stereocenters. The van der Waals surface area contributed by atoms with Crippen LogP contribution < -0.4 is 11.1 Å². The number of rotatable bonds is 5. The van der Waals surface area contributed by atoms with Gasteiger partial charge in [-0.25, -0.2) is 9.67 Å². The Balaban J connectivity index is 2.22. The van der Waals surface area contributed by atoms with Crippen LogP contribution in [0, 0.1) is 0 Å². The number of nitrogens with zero attached hydrogens (tertiary/aromatic N) is 3. The molecule has 0 radical (unpaired) electrons. The zero-order valence-corrected chi connectivity index (χ0v) is 11.8. The molecule has 0 spiro atoms. The molecular weight excluding hydrogens is 278 g/mol. The minimum absolute atomic E-state index is 0.149. The van der Waals surface area contributed by atoms with Crippen molar-refractivity contribution in [1.29, 1.82) is 0 Å². The molecule has 0 saturated carbocycles. The highest BCUT2D eigenvalue weighted by Gasteiger charge is 2.12. The average molecular weight is 294 g/mol. The van der Waals surface area contributed by atoms with Gasteiger partial charge in [-0.3, -0.25) is 4.79 Å². The number of carbonyl (C=O) groups is 1. The fourth-order valence-electron chi connectivity index (χ4n) is 1.72. The lowest BCUT2D eigenvalue weighted by Gasteiger charge is -2.13. The van der Waals surface area contributed by atoms with Crippen molar-refractivity contribution >= 4 is 23.2 Å². The predicted molar refractivity (Wildman–Crippen MR) is 77.9 cm³/mol. The number of hydrogen-bond acceptors (Lipinski definition) is 4. The summed E-state index contributed by atoms with van der Waals surface area (Å²) in [6, 6.07) is 5.02. The molecule has 7 heteroatoms. The lowest BCUT2D eigenvalue weighted by molar-refractivity contribution is -0.116. The first-order valence-electron chi connectivity index (χ1n) is 6.30. The Bertz CT molecular complexity index is 584. The lowest BCUT2D eigenvalue weighted by Crippen LogP contribution is -2.26. The van der Waals surface area contributed by atoms with E-state index in [4.69, 9.17) is 17.3 Å². The van der Waals surface area contributed by atoms with Crippen molar-refractivity contribution in [2.75, 3.05) is 5.32 Å². The maximum atomic E-state index is 11.9. The average Bonchev–Trinajstić information content (AvgIpc) is 2.92. The zero-order valence-electron chi connectivity index (χ0n) is 11.1. The Kier molecular flexibility index (Phi) is 4.70. The van der Waals surface area contributed by atoms with Crippen LogP contribution in [-0.4, -0.2) is 26.7 Å². The summed E-state index contributed by atoms with van der Waals surface area (Å²) in [6.07, 6.45) is 3.99. The van der Waals surface area contributed by atoms with E-state index < -0.39 is 0 Å². The van der Waals surface area contributed by atoms with Gasteiger partial charge in [0.25, 0.3) is 0 Å². The summed E-state index contributed by atoms with van der Waals surface area (Å²) in [6.45, 7) is 1.94. The van der Waals surface area contributed by atoms with Gasteiger partial charge in [0.2, 0.25) is 5.91 Å². The molecule has 1 aromatic heterocycles. The molecule has 0 saturated heterocycles. The van der Waals surface area contributed by atoms with E-state index in [1.807, 2.05) is 6.92 Å². The van der Waals surface area contributed by atoms with Gasteiger partial charge in [0.15, 0.2) is 0 Å². The predicted octanol–water partition coefficient (Wildman–Crippen LogP) is 1.99. The van der Waals surface area contributed by atoms with Crippen molar-refractivity contribution in [2.24, 2.45) is 5.73 Å². The molecule has 0 aliphatic carbocycles. The quantitative estimate of drug-likeness (QED) is 0.882. The number of halogens is 1. The maximum absolute atomic E-state index is 11.9. The van der Waals surface area contributed by atoms with Gasteiger partial charge < -0.3 is 11.1 Å². The minimum atomic E-state index is -0.150. The summed E-state index contributed by atoms with van der Waals surface area (Å²) in [7, 11) is 0. The van der Waals surface area contributed by atoms with Crippen LogP contribution in [0.25, 0.3) is 5.69 Å². The molecule has 20 heavy (non-hydrogen) atoms. The van der Waals surface area contributed by atoms with Crippen LogP contribution in [0.5, 0.6) is 0 Å². The van der Waals surface area contributed by atoms with E-state index >= 15 is 0 Å². The first-order valence-corrected chi connectivity index (χ1v) is 6.68. The number of amides is 1. The number of nitrogens with two attached hydrogens (primary N) is 1. The molecule has 0 aliphatic heterocycles. The Morgan fingerprint density at radius 1 is 1.55 bits per heavy atom. The smallest absolute Gasteiger partial charge is 0.225 e. The normalized spacial score (nSPS) is 12.2. The van der Waals surface area contributed by atoms with Gasteiger partial charge in [0, 0.05) is 17.5 Å². The molecule has 0 fully saturated rings. The number of aromatic nitrogens is 3. The molecular formula is C13H16ClN5O. The van der Waals surface area contributed by atoms with Crippen LogP contribution in [0.1, 0.15) is 19.8 Å². The number of anilines is 1. The molecule has 1 heterocycles. The second-order valence-electron chi connectivity index (χ2n) is 4.42.